The third-order valence-corrected chi connectivity index (χ3v) is 2.45. The van der Waals surface area contributed by atoms with Gasteiger partial charge in [-0.05, 0) is 0 Å². The number of hydrogen-bond donors (Lipinski definition) is 0. The molecular formula is C3H5ClIN3. The van der Waals surface area contributed by atoms with Gasteiger partial charge in [0, 0.05) is 7.05 Å². The quantitative estimate of drug-likeness (QED) is 0.275. The normalized spacial score (nSPS) is 27.6. The molecule has 3 nitrogen and oxygen atoms in total. The molecule has 1 atom stereocenters. The summed E-state index contributed by atoms with van der Waals surface area (Å²) in [5.41, 5.74) is -0.115. The molecule has 1 rings (SSSR count). The molecule has 0 aromatic rings. The van der Waals surface area contributed by atoms with E-state index in [1.54, 1.807) is 14.5 Å². The van der Waals surface area contributed by atoms with Gasteiger partial charge in [-0.15, -0.1) is 0 Å². The number of alkyl halides is 1. The molecule has 0 aromatic heterocycles. The smallest absolute Gasteiger partial charge is 0.203 e. The van der Waals surface area contributed by atoms with E-state index in [1.807, 2.05) is 7.05 Å². The Morgan fingerprint density at radius 2 is 2.50 bits per heavy atom. The summed E-state index contributed by atoms with van der Waals surface area (Å²) in [6, 6.07) is 0. The highest BCUT2D eigenvalue weighted by Gasteiger charge is 2.18. The van der Waals surface area contributed by atoms with Crippen molar-refractivity contribution in [2.45, 2.75) is 5.62 Å². The van der Waals surface area contributed by atoms with E-state index >= 15 is 0 Å². The van der Waals surface area contributed by atoms with E-state index in [0.29, 0.717) is 0 Å². The first-order valence-electron chi connectivity index (χ1n) is 2.07. The first-order valence-corrected chi connectivity index (χ1v) is 3.47. The van der Waals surface area contributed by atoms with E-state index in [0.717, 1.165) is 0 Å². The van der Waals surface area contributed by atoms with Gasteiger partial charge in [0.2, 0.25) is 5.62 Å². The van der Waals surface area contributed by atoms with Crippen LogP contribution in [-0.4, -0.2) is 27.1 Å². The summed E-state index contributed by atoms with van der Waals surface area (Å²) in [5, 5.41) is 5.57. The second-order valence-electron chi connectivity index (χ2n) is 1.46. The average molecular weight is 245 g/mol. The number of hydrogen-bond acceptors (Lipinski definition) is 3. The van der Waals surface area contributed by atoms with Crippen LogP contribution in [-0.2, 0) is 0 Å². The summed E-state index contributed by atoms with van der Waals surface area (Å²) in [7, 11) is 1.83. The minimum atomic E-state index is -0.115. The monoisotopic (exact) mass is 245 g/mol. The fourth-order valence-corrected chi connectivity index (χ4v) is 0.973. The Balaban J connectivity index is 2.55. The number of nitrogens with zero attached hydrogens (tertiary/aromatic N) is 3. The SMILES string of the molecule is CN1N=CN(I)C1Cl. The molecule has 0 saturated heterocycles. The molecule has 8 heavy (non-hydrogen) atoms. The fraction of sp³-hybridized carbons (Fsp3) is 0.667. The Morgan fingerprint density at radius 1 is 1.88 bits per heavy atom. The van der Waals surface area contributed by atoms with Gasteiger partial charge in [0.1, 0.15) is 6.34 Å². The molecule has 1 unspecified atom stereocenters. The van der Waals surface area contributed by atoms with Crippen LogP contribution in [0.5, 0.6) is 0 Å². The number of halogens is 2. The molecule has 46 valence electrons. The number of hydrazone groups is 1. The second-order valence-corrected chi connectivity index (χ2v) is 2.96. The molecule has 0 bridgehead atoms. The largest absolute Gasteiger partial charge is 0.267 e. The molecule has 1 aliphatic heterocycles. The lowest BCUT2D eigenvalue weighted by Gasteiger charge is -2.15. The lowest BCUT2D eigenvalue weighted by Crippen LogP contribution is -2.25. The minimum Gasteiger partial charge on any atom is -0.267 e. The van der Waals surface area contributed by atoms with Crippen molar-refractivity contribution in [3.8, 4) is 0 Å². The first kappa shape index (κ1) is 6.41. The molecule has 0 saturated carbocycles. The van der Waals surface area contributed by atoms with Crippen LogP contribution in [0.2, 0.25) is 0 Å². The molecule has 0 amide bonds. The average Bonchev–Trinajstić information content (AvgIpc) is 1.98. The zero-order valence-corrected chi connectivity index (χ0v) is 7.17. The van der Waals surface area contributed by atoms with Crippen LogP contribution in [0.4, 0.5) is 0 Å². The predicted octanol–water partition coefficient (Wildman–Crippen LogP) is 1.05. The summed E-state index contributed by atoms with van der Waals surface area (Å²) < 4.78 is 1.79. The van der Waals surface area contributed by atoms with Crippen LogP contribution in [0, 0.1) is 0 Å². The molecular weight excluding hydrogens is 240 g/mol. The lowest BCUT2D eigenvalue weighted by atomic mass is 11.0. The van der Waals surface area contributed by atoms with Gasteiger partial charge in [-0.25, -0.2) is 0 Å². The molecule has 5 heteroatoms. The first-order chi connectivity index (χ1) is 3.72. The molecule has 0 aromatic carbocycles. The Kier molecular flexibility index (Phi) is 1.81. The van der Waals surface area contributed by atoms with E-state index in [9.17, 15) is 0 Å². The van der Waals surface area contributed by atoms with Gasteiger partial charge in [0.15, 0.2) is 0 Å². The van der Waals surface area contributed by atoms with E-state index in [4.69, 9.17) is 11.6 Å². The highest BCUT2D eigenvalue weighted by molar-refractivity contribution is 14.1. The summed E-state index contributed by atoms with van der Waals surface area (Å²) in [6.07, 6.45) is 1.68. The third kappa shape index (κ3) is 0.997. The van der Waals surface area contributed by atoms with Gasteiger partial charge >= 0.3 is 0 Å². The van der Waals surface area contributed by atoms with Gasteiger partial charge in [-0.1, -0.05) is 11.6 Å². The molecule has 0 N–H and O–H groups in total. The predicted molar refractivity (Wildman–Crippen MR) is 41.8 cm³/mol. The highest BCUT2D eigenvalue weighted by atomic mass is 127. The maximum Gasteiger partial charge on any atom is 0.203 e. The van der Waals surface area contributed by atoms with Crippen molar-refractivity contribution in [1.29, 1.82) is 0 Å². The summed E-state index contributed by atoms with van der Waals surface area (Å²) in [4.78, 5) is 0. The van der Waals surface area contributed by atoms with E-state index in [2.05, 4.69) is 28.0 Å². The van der Waals surface area contributed by atoms with Crippen molar-refractivity contribution in [3.05, 3.63) is 0 Å². The van der Waals surface area contributed by atoms with Crippen LogP contribution in [0.1, 0.15) is 0 Å². The van der Waals surface area contributed by atoms with Gasteiger partial charge < -0.3 is 0 Å². The molecule has 0 spiro atoms. The van der Waals surface area contributed by atoms with Crippen molar-refractivity contribution in [2.24, 2.45) is 5.10 Å². The Morgan fingerprint density at radius 3 is 2.62 bits per heavy atom. The Bertz CT molecular complexity index is 105. The molecule has 0 fully saturated rings. The summed E-state index contributed by atoms with van der Waals surface area (Å²) in [5.74, 6) is 0. The molecule has 0 aliphatic carbocycles. The second kappa shape index (κ2) is 2.26. The Labute approximate surface area is 66.8 Å². The molecule has 0 radical (unpaired) electrons. The maximum atomic E-state index is 5.73. The standard InChI is InChI=1S/C3H5ClIN3/c1-7-3(4)8(5)2-6-7/h2-3H,1H3. The van der Waals surface area contributed by atoms with Crippen molar-refractivity contribution in [3.63, 3.8) is 0 Å². The highest BCUT2D eigenvalue weighted by Crippen LogP contribution is 2.16. The van der Waals surface area contributed by atoms with Crippen molar-refractivity contribution in [1.82, 2.24) is 8.12 Å². The van der Waals surface area contributed by atoms with Crippen molar-refractivity contribution in [2.75, 3.05) is 7.05 Å². The van der Waals surface area contributed by atoms with Gasteiger partial charge in [-0.2, -0.15) is 5.10 Å². The topological polar surface area (TPSA) is 18.8 Å². The van der Waals surface area contributed by atoms with E-state index < -0.39 is 0 Å². The maximum absolute atomic E-state index is 5.73. The van der Waals surface area contributed by atoms with E-state index in [1.165, 1.54) is 0 Å². The Hall–Kier alpha value is 0.290. The summed E-state index contributed by atoms with van der Waals surface area (Å²) in [6.45, 7) is 0. The van der Waals surface area contributed by atoms with Crippen LogP contribution in [0.15, 0.2) is 5.10 Å². The van der Waals surface area contributed by atoms with Crippen LogP contribution >= 0.6 is 34.5 Å². The fourth-order valence-electron chi connectivity index (χ4n) is 0.400. The van der Waals surface area contributed by atoms with Crippen LogP contribution in [0.25, 0.3) is 0 Å². The van der Waals surface area contributed by atoms with Crippen molar-refractivity contribution >= 4 is 40.8 Å². The third-order valence-electron chi connectivity index (χ3n) is 0.856. The van der Waals surface area contributed by atoms with Crippen LogP contribution in [0.3, 0.4) is 0 Å². The van der Waals surface area contributed by atoms with Crippen molar-refractivity contribution < 1.29 is 0 Å². The molecule has 1 heterocycles. The van der Waals surface area contributed by atoms with Crippen LogP contribution < -0.4 is 0 Å². The van der Waals surface area contributed by atoms with Gasteiger partial charge in [0.25, 0.3) is 0 Å². The molecule has 1 aliphatic rings. The van der Waals surface area contributed by atoms with Gasteiger partial charge in [-0.3, -0.25) is 8.12 Å². The lowest BCUT2D eigenvalue weighted by molar-refractivity contribution is 0.311. The summed E-state index contributed by atoms with van der Waals surface area (Å²) >= 11 is 7.82. The zero-order chi connectivity index (χ0) is 6.15. The minimum absolute atomic E-state index is 0.115. The number of rotatable bonds is 0. The van der Waals surface area contributed by atoms with E-state index in [-0.39, 0.29) is 5.62 Å². The zero-order valence-electron chi connectivity index (χ0n) is 4.25. The van der Waals surface area contributed by atoms with Gasteiger partial charge in [0.05, 0.1) is 22.9 Å².